The van der Waals surface area contributed by atoms with E-state index in [2.05, 4.69) is 0 Å². The first-order valence-corrected chi connectivity index (χ1v) is 11.3. The lowest BCUT2D eigenvalue weighted by Crippen LogP contribution is -2.18. The minimum absolute atomic E-state index is 0.0308. The van der Waals surface area contributed by atoms with Crippen LogP contribution in [-0.2, 0) is 22.9 Å². The number of rotatable bonds is 4. The summed E-state index contributed by atoms with van der Waals surface area (Å²) in [4.78, 5) is 11.2. The maximum atomic E-state index is 14.8. The van der Waals surface area contributed by atoms with Crippen LogP contribution in [0.1, 0.15) is 40.0 Å². The molecule has 0 saturated heterocycles. The summed E-state index contributed by atoms with van der Waals surface area (Å²) in [6, 6.07) is 8.56. The maximum Gasteiger partial charge on any atom is 0.335 e. The summed E-state index contributed by atoms with van der Waals surface area (Å²) >= 11 is 6.24. The molecule has 0 spiro atoms. The molecule has 5 nitrogen and oxygen atoms in total. The van der Waals surface area contributed by atoms with Crippen LogP contribution in [0.25, 0.3) is 11.1 Å². The molecule has 1 heterocycles. The molecule has 3 aromatic rings. The third-order valence-electron chi connectivity index (χ3n) is 5.46. The number of aromatic nitrogens is 1. The second kappa shape index (κ2) is 7.56. The minimum atomic E-state index is -4.00. The van der Waals surface area contributed by atoms with Gasteiger partial charge in [-0.1, -0.05) is 29.8 Å². The fourth-order valence-corrected chi connectivity index (χ4v) is 6.29. The third-order valence-corrected chi connectivity index (χ3v) is 7.79. The molecule has 0 amide bonds. The van der Waals surface area contributed by atoms with Gasteiger partial charge in [-0.2, -0.15) is 0 Å². The average molecular weight is 448 g/mol. The zero-order valence-electron chi connectivity index (χ0n) is 16.2. The molecule has 30 heavy (non-hydrogen) atoms. The Kier molecular flexibility index (Phi) is 5.20. The van der Waals surface area contributed by atoms with Crippen LogP contribution in [0, 0.1) is 12.7 Å². The van der Waals surface area contributed by atoms with Crippen molar-refractivity contribution in [3.05, 3.63) is 75.8 Å². The monoisotopic (exact) mass is 447 g/mol. The van der Waals surface area contributed by atoms with E-state index in [9.17, 15) is 17.6 Å². The lowest BCUT2D eigenvalue weighted by atomic mass is 9.92. The lowest BCUT2D eigenvalue weighted by molar-refractivity contribution is 0.0696. The topological polar surface area (TPSA) is 76.4 Å². The fourth-order valence-electron chi connectivity index (χ4n) is 4.05. The molecule has 2 aromatic carbocycles. The van der Waals surface area contributed by atoms with Gasteiger partial charge in [-0.05, 0) is 61.9 Å². The molecule has 0 saturated carbocycles. The SMILES string of the molecule is Cc1cccc(Cl)c1S(=O)(=O)n1cc(-c2ccc(C(=O)O)cc2F)c2c1CCCC2. The molecular formula is C22H19ClFNO4S. The standard InChI is InChI=1S/C22H19ClFNO4S/c1-13-5-4-7-18(23)21(13)30(28,29)25-12-17(16-6-2-3-8-20(16)25)15-10-9-14(22(26)27)11-19(15)24/h4-5,7,9-12H,2-3,6,8H2,1H3,(H,26,27). The Labute approximate surface area is 178 Å². The van der Waals surface area contributed by atoms with Gasteiger partial charge in [-0.25, -0.2) is 21.6 Å². The molecule has 1 aliphatic rings. The summed E-state index contributed by atoms with van der Waals surface area (Å²) in [6.45, 7) is 1.68. The number of fused-ring (bicyclic) bond motifs is 1. The van der Waals surface area contributed by atoms with E-state index in [1.807, 2.05) is 0 Å². The first-order valence-electron chi connectivity index (χ1n) is 9.49. The molecule has 4 rings (SSSR count). The largest absolute Gasteiger partial charge is 0.478 e. The Hall–Kier alpha value is -2.64. The third kappa shape index (κ3) is 3.32. The molecule has 1 aromatic heterocycles. The Morgan fingerprint density at radius 2 is 1.87 bits per heavy atom. The van der Waals surface area contributed by atoms with E-state index < -0.39 is 21.8 Å². The quantitative estimate of drug-likeness (QED) is 0.605. The molecule has 0 aliphatic heterocycles. The first kappa shape index (κ1) is 20.6. The number of nitrogens with zero attached hydrogens (tertiary/aromatic N) is 1. The average Bonchev–Trinajstić information content (AvgIpc) is 3.08. The van der Waals surface area contributed by atoms with E-state index in [-0.39, 0.29) is 21.0 Å². The first-order chi connectivity index (χ1) is 14.2. The number of hydrogen-bond donors (Lipinski definition) is 1. The normalized spacial score (nSPS) is 13.8. The molecule has 8 heteroatoms. The molecule has 0 fully saturated rings. The second-order valence-electron chi connectivity index (χ2n) is 7.36. The summed E-state index contributed by atoms with van der Waals surface area (Å²) < 4.78 is 43.1. The Morgan fingerprint density at radius 1 is 1.13 bits per heavy atom. The van der Waals surface area contributed by atoms with Gasteiger partial charge in [0.1, 0.15) is 10.7 Å². The van der Waals surface area contributed by atoms with Crippen LogP contribution in [0.5, 0.6) is 0 Å². The van der Waals surface area contributed by atoms with Crippen molar-refractivity contribution in [1.82, 2.24) is 3.97 Å². The highest BCUT2D eigenvalue weighted by molar-refractivity contribution is 7.90. The van der Waals surface area contributed by atoms with Crippen LogP contribution in [0.3, 0.4) is 0 Å². The smallest absolute Gasteiger partial charge is 0.335 e. The van der Waals surface area contributed by atoms with E-state index in [0.29, 0.717) is 29.7 Å². The van der Waals surface area contributed by atoms with E-state index in [4.69, 9.17) is 16.7 Å². The van der Waals surface area contributed by atoms with Crippen molar-refractivity contribution in [2.75, 3.05) is 0 Å². The molecular weight excluding hydrogens is 429 g/mol. The van der Waals surface area contributed by atoms with E-state index >= 15 is 0 Å². The molecule has 1 aliphatic carbocycles. The van der Waals surface area contributed by atoms with Gasteiger partial charge in [0, 0.05) is 23.0 Å². The molecule has 0 bridgehead atoms. The zero-order valence-corrected chi connectivity index (χ0v) is 17.7. The highest BCUT2D eigenvalue weighted by Crippen LogP contribution is 2.38. The summed E-state index contributed by atoms with van der Waals surface area (Å²) in [5, 5.41) is 9.22. The van der Waals surface area contributed by atoms with Crippen molar-refractivity contribution in [2.45, 2.75) is 37.5 Å². The van der Waals surface area contributed by atoms with E-state index in [0.717, 1.165) is 24.5 Å². The van der Waals surface area contributed by atoms with Crippen LogP contribution >= 0.6 is 11.6 Å². The maximum absolute atomic E-state index is 14.8. The zero-order chi connectivity index (χ0) is 21.6. The highest BCUT2D eigenvalue weighted by Gasteiger charge is 2.30. The van der Waals surface area contributed by atoms with Crippen molar-refractivity contribution in [3.8, 4) is 11.1 Å². The number of carbonyl (C=O) groups is 1. The molecule has 0 atom stereocenters. The molecule has 0 unspecified atom stereocenters. The van der Waals surface area contributed by atoms with Crippen molar-refractivity contribution in [2.24, 2.45) is 0 Å². The summed E-state index contributed by atoms with van der Waals surface area (Å²) in [5.41, 5.74) is 2.41. The Bertz CT molecular complexity index is 1260. The van der Waals surface area contributed by atoms with Gasteiger partial charge in [0.15, 0.2) is 0 Å². The Morgan fingerprint density at radius 3 is 2.53 bits per heavy atom. The predicted octanol–water partition coefficient (Wildman–Crippen LogP) is 5.07. The van der Waals surface area contributed by atoms with Gasteiger partial charge in [0.05, 0.1) is 10.6 Å². The van der Waals surface area contributed by atoms with Crippen molar-refractivity contribution in [3.63, 3.8) is 0 Å². The number of halogens is 2. The number of benzene rings is 2. The summed E-state index contributed by atoms with van der Waals surface area (Å²) in [7, 11) is -4.00. The van der Waals surface area contributed by atoms with Gasteiger partial charge in [0.25, 0.3) is 10.0 Å². The number of hydrogen-bond acceptors (Lipinski definition) is 3. The predicted molar refractivity (Wildman–Crippen MR) is 112 cm³/mol. The van der Waals surface area contributed by atoms with Gasteiger partial charge in [0.2, 0.25) is 0 Å². The van der Waals surface area contributed by atoms with Crippen molar-refractivity contribution in [1.29, 1.82) is 0 Å². The number of aryl methyl sites for hydroxylation is 1. The van der Waals surface area contributed by atoms with Crippen molar-refractivity contribution < 1.29 is 22.7 Å². The highest BCUT2D eigenvalue weighted by atomic mass is 35.5. The van der Waals surface area contributed by atoms with Crippen LogP contribution < -0.4 is 0 Å². The number of carboxylic acid groups (broad SMARTS) is 1. The minimum Gasteiger partial charge on any atom is -0.478 e. The van der Waals surface area contributed by atoms with Crippen LogP contribution in [0.4, 0.5) is 4.39 Å². The van der Waals surface area contributed by atoms with Crippen LogP contribution in [0.2, 0.25) is 5.02 Å². The van der Waals surface area contributed by atoms with Crippen molar-refractivity contribution >= 4 is 27.6 Å². The second-order valence-corrected chi connectivity index (χ2v) is 9.52. The van der Waals surface area contributed by atoms with Crippen LogP contribution in [0.15, 0.2) is 47.5 Å². The van der Waals surface area contributed by atoms with Crippen LogP contribution in [-0.4, -0.2) is 23.5 Å². The van der Waals surface area contributed by atoms with Gasteiger partial charge in [-0.15, -0.1) is 0 Å². The van der Waals surface area contributed by atoms with E-state index in [1.165, 1.54) is 28.4 Å². The van der Waals surface area contributed by atoms with E-state index in [1.54, 1.807) is 19.1 Å². The lowest BCUT2D eigenvalue weighted by Gasteiger charge is -2.17. The van der Waals surface area contributed by atoms with Gasteiger partial charge in [-0.3, -0.25) is 0 Å². The summed E-state index contributed by atoms with van der Waals surface area (Å²) in [6.07, 6.45) is 4.30. The fraction of sp³-hybridized carbons (Fsp3) is 0.227. The Balaban J connectivity index is 1.95. The summed E-state index contributed by atoms with van der Waals surface area (Å²) in [5.74, 6) is -1.93. The van der Waals surface area contributed by atoms with Gasteiger partial charge < -0.3 is 5.11 Å². The van der Waals surface area contributed by atoms with Gasteiger partial charge >= 0.3 is 5.97 Å². The molecule has 0 radical (unpaired) electrons. The molecule has 1 N–H and O–H groups in total. The number of aromatic carboxylic acids is 1. The molecule has 156 valence electrons. The number of carboxylic acids is 1.